The van der Waals surface area contributed by atoms with Crippen molar-refractivity contribution in [2.45, 2.75) is 0 Å². The number of halogens is 1. The number of nitrogen functional groups attached to an aromatic ring is 1. The average Bonchev–Trinajstić information content (AvgIpc) is 2.88. The molecule has 1 heterocycles. The van der Waals surface area contributed by atoms with Gasteiger partial charge in [0, 0.05) is 5.56 Å². The molecular weight excluding hydrogens is 304 g/mol. The lowest BCUT2D eigenvalue weighted by Crippen LogP contribution is -1.82. The molecule has 0 unspecified atom stereocenters. The van der Waals surface area contributed by atoms with Crippen molar-refractivity contribution in [3.63, 3.8) is 0 Å². The van der Waals surface area contributed by atoms with E-state index >= 15 is 0 Å². The molecule has 21 heavy (non-hydrogen) atoms. The van der Waals surface area contributed by atoms with E-state index in [9.17, 15) is 0 Å². The van der Waals surface area contributed by atoms with Crippen molar-refractivity contribution in [3.05, 3.63) is 59.6 Å². The molecule has 0 aliphatic carbocycles. The fourth-order valence-electron chi connectivity index (χ4n) is 1.81. The minimum Gasteiger partial charge on any atom is -0.375 e. The molecule has 3 rings (SSSR count). The second-order valence-corrected chi connectivity index (χ2v) is 5.64. The van der Waals surface area contributed by atoms with Gasteiger partial charge in [0.15, 0.2) is 10.1 Å². The maximum absolute atomic E-state index is 6.06. The van der Waals surface area contributed by atoms with Crippen molar-refractivity contribution < 1.29 is 0 Å². The van der Waals surface area contributed by atoms with Crippen LogP contribution in [-0.4, -0.2) is 4.98 Å². The Balaban J connectivity index is 1.99. The molecule has 3 aromatic rings. The lowest BCUT2D eigenvalue weighted by molar-refractivity contribution is 1.24. The highest BCUT2D eigenvalue weighted by Crippen LogP contribution is 2.38. The Morgan fingerprint density at radius 2 is 1.67 bits per heavy atom. The van der Waals surface area contributed by atoms with Gasteiger partial charge in [0.2, 0.25) is 0 Å². The van der Waals surface area contributed by atoms with Gasteiger partial charge >= 0.3 is 0 Å². The van der Waals surface area contributed by atoms with Crippen LogP contribution in [0.1, 0.15) is 0 Å². The zero-order chi connectivity index (χ0) is 14.7. The predicted molar refractivity (Wildman–Crippen MR) is 87.6 cm³/mol. The van der Waals surface area contributed by atoms with Crippen molar-refractivity contribution in [2.75, 3.05) is 5.73 Å². The molecule has 0 saturated heterocycles. The third-order valence-corrected chi connectivity index (χ3v) is 3.86. The number of hydrogen-bond acceptors (Lipinski definition) is 5. The molecule has 2 N–H and O–H groups in total. The summed E-state index contributed by atoms with van der Waals surface area (Å²) in [5, 5.41) is 10.1. The normalized spacial score (nSPS) is 11.1. The summed E-state index contributed by atoms with van der Waals surface area (Å²) < 4.78 is 0. The van der Waals surface area contributed by atoms with Crippen LogP contribution >= 0.6 is 22.9 Å². The van der Waals surface area contributed by atoms with Gasteiger partial charge in [-0.1, -0.05) is 65.4 Å². The Hall–Kier alpha value is -2.24. The first-order valence-electron chi connectivity index (χ1n) is 6.22. The van der Waals surface area contributed by atoms with Crippen LogP contribution in [0, 0.1) is 0 Å². The lowest BCUT2D eigenvalue weighted by Gasteiger charge is -1.97. The standard InChI is InChI=1S/C15H11ClN4S/c16-11-8-4-5-9-12(11)19-20-14-13(18-15(17)21-14)10-6-2-1-3-7-10/h1-9H,(H2,17,18). The van der Waals surface area contributed by atoms with Crippen LogP contribution in [0.25, 0.3) is 11.3 Å². The summed E-state index contributed by atoms with van der Waals surface area (Å²) in [5.41, 5.74) is 8.10. The van der Waals surface area contributed by atoms with E-state index in [0.717, 1.165) is 11.3 Å². The molecule has 0 spiro atoms. The van der Waals surface area contributed by atoms with Crippen molar-refractivity contribution in [1.82, 2.24) is 4.98 Å². The number of nitrogens with two attached hydrogens (primary N) is 1. The first kappa shape index (κ1) is 13.7. The molecule has 1 aromatic heterocycles. The summed E-state index contributed by atoms with van der Waals surface area (Å²) in [6, 6.07) is 17.0. The van der Waals surface area contributed by atoms with Gasteiger partial charge in [-0.2, -0.15) is 0 Å². The fraction of sp³-hybridized carbons (Fsp3) is 0. The van der Waals surface area contributed by atoms with Crippen molar-refractivity contribution in [3.8, 4) is 11.3 Å². The van der Waals surface area contributed by atoms with Gasteiger partial charge in [0.1, 0.15) is 11.4 Å². The molecule has 0 radical (unpaired) electrons. The van der Waals surface area contributed by atoms with E-state index in [4.69, 9.17) is 17.3 Å². The van der Waals surface area contributed by atoms with Gasteiger partial charge in [0.05, 0.1) is 5.02 Å². The van der Waals surface area contributed by atoms with E-state index in [-0.39, 0.29) is 0 Å². The number of hydrogen-bond donors (Lipinski definition) is 1. The summed E-state index contributed by atoms with van der Waals surface area (Å²) >= 11 is 7.36. The Morgan fingerprint density at radius 3 is 2.43 bits per heavy atom. The highest BCUT2D eigenvalue weighted by molar-refractivity contribution is 7.19. The largest absolute Gasteiger partial charge is 0.375 e. The number of rotatable bonds is 3. The van der Waals surface area contributed by atoms with E-state index in [1.54, 1.807) is 12.1 Å². The lowest BCUT2D eigenvalue weighted by atomic mass is 10.2. The molecule has 0 atom stereocenters. The SMILES string of the molecule is Nc1nc(-c2ccccc2)c(N=Nc2ccccc2Cl)s1. The van der Waals surface area contributed by atoms with E-state index in [2.05, 4.69) is 15.2 Å². The number of benzene rings is 2. The maximum Gasteiger partial charge on any atom is 0.182 e. The van der Waals surface area contributed by atoms with E-state index in [1.807, 2.05) is 42.5 Å². The Morgan fingerprint density at radius 1 is 0.952 bits per heavy atom. The van der Waals surface area contributed by atoms with Crippen LogP contribution in [0.4, 0.5) is 15.8 Å². The number of thiazole rings is 1. The third kappa shape index (κ3) is 3.09. The van der Waals surface area contributed by atoms with Crippen LogP contribution in [0.15, 0.2) is 64.8 Å². The molecule has 0 saturated carbocycles. The van der Waals surface area contributed by atoms with Gasteiger partial charge in [-0.3, -0.25) is 0 Å². The zero-order valence-corrected chi connectivity index (χ0v) is 12.5. The summed E-state index contributed by atoms with van der Waals surface area (Å²) in [4.78, 5) is 4.33. The van der Waals surface area contributed by atoms with Gasteiger partial charge in [-0.25, -0.2) is 4.98 Å². The Kier molecular flexibility index (Phi) is 3.94. The second kappa shape index (κ2) is 6.03. The van der Waals surface area contributed by atoms with Crippen LogP contribution in [-0.2, 0) is 0 Å². The first-order valence-corrected chi connectivity index (χ1v) is 7.41. The van der Waals surface area contributed by atoms with Crippen molar-refractivity contribution in [2.24, 2.45) is 10.2 Å². The van der Waals surface area contributed by atoms with E-state index < -0.39 is 0 Å². The second-order valence-electron chi connectivity index (χ2n) is 4.22. The molecule has 2 aromatic carbocycles. The Bertz CT molecular complexity index is 783. The summed E-state index contributed by atoms with van der Waals surface area (Å²) in [6.07, 6.45) is 0. The summed E-state index contributed by atoms with van der Waals surface area (Å²) in [6.45, 7) is 0. The molecule has 104 valence electrons. The monoisotopic (exact) mass is 314 g/mol. The molecule has 6 heteroatoms. The highest BCUT2D eigenvalue weighted by atomic mass is 35.5. The first-order chi connectivity index (χ1) is 10.2. The zero-order valence-electron chi connectivity index (χ0n) is 10.9. The number of aromatic nitrogens is 1. The van der Waals surface area contributed by atoms with E-state index in [0.29, 0.717) is 20.8 Å². The van der Waals surface area contributed by atoms with Gasteiger partial charge in [-0.05, 0) is 12.1 Å². The number of nitrogens with zero attached hydrogens (tertiary/aromatic N) is 3. The predicted octanol–water partition coefficient (Wildman–Crippen LogP) is 5.46. The van der Waals surface area contributed by atoms with Crippen LogP contribution in [0.2, 0.25) is 5.02 Å². The van der Waals surface area contributed by atoms with Gasteiger partial charge in [0.25, 0.3) is 0 Å². The minimum atomic E-state index is 0.460. The number of anilines is 1. The van der Waals surface area contributed by atoms with Crippen molar-refractivity contribution >= 4 is 38.8 Å². The summed E-state index contributed by atoms with van der Waals surface area (Å²) in [7, 11) is 0. The molecule has 4 nitrogen and oxygen atoms in total. The quantitative estimate of drug-likeness (QED) is 0.652. The fourth-order valence-corrected chi connectivity index (χ4v) is 2.66. The molecule has 0 aliphatic rings. The molecule has 0 fully saturated rings. The Labute approximate surface area is 130 Å². The topological polar surface area (TPSA) is 63.6 Å². The van der Waals surface area contributed by atoms with Crippen LogP contribution in [0.3, 0.4) is 0 Å². The molecule has 0 aliphatic heterocycles. The molecular formula is C15H11ClN4S. The maximum atomic E-state index is 6.06. The van der Waals surface area contributed by atoms with Crippen LogP contribution < -0.4 is 5.73 Å². The molecule has 0 amide bonds. The minimum absolute atomic E-state index is 0.460. The third-order valence-electron chi connectivity index (χ3n) is 2.77. The van der Waals surface area contributed by atoms with Crippen LogP contribution in [0.5, 0.6) is 0 Å². The smallest absolute Gasteiger partial charge is 0.182 e. The number of azo groups is 1. The van der Waals surface area contributed by atoms with Gasteiger partial charge in [-0.15, -0.1) is 10.2 Å². The van der Waals surface area contributed by atoms with Crippen molar-refractivity contribution in [1.29, 1.82) is 0 Å². The molecule has 0 bridgehead atoms. The van der Waals surface area contributed by atoms with Gasteiger partial charge < -0.3 is 5.73 Å². The average molecular weight is 315 g/mol. The summed E-state index contributed by atoms with van der Waals surface area (Å²) in [5.74, 6) is 0. The highest BCUT2D eigenvalue weighted by Gasteiger charge is 2.11. The van der Waals surface area contributed by atoms with E-state index in [1.165, 1.54) is 11.3 Å².